The molecule has 1 rings (SSSR count). The van der Waals surface area contributed by atoms with Crippen molar-refractivity contribution in [2.24, 2.45) is 0 Å². The molecule has 1 saturated heterocycles. The lowest BCUT2D eigenvalue weighted by Gasteiger charge is -2.21. The molecule has 2 atom stereocenters. The Bertz CT molecular complexity index is 172. The van der Waals surface area contributed by atoms with E-state index in [1.165, 1.54) is 0 Å². The van der Waals surface area contributed by atoms with Gasteiger partial charge in [0.25, 0.3) is 0 Å². The second-order valence-electron chi connectivity index (χ2n) is 3.23. The molecule has 70 valence electrons. The Labute approximate surface area is 72.6 Å². The van der Waals surface area contributed by atoms with Gasteiger partial charge in [0.2, 0.25) is 5.91 Å². The molecular formula is C8H16N2O2. The first kappa shape index (κ1) is 9.48. The predicted molar refractivity (Wildman–Crippen MR) is 45.7 cm³/mol. The monoisotopic (exact) mass is 172 g/mol. The maximum Gasteiger partial charge on any atom is 0.236 e. The van der Waals surface area contributed by atoms with Crippen LogP contribution in [0.1, 0.15) is 13.3 Å². The van der Waals surface area contributed by atoms with Gasteiger partial charge in [-0.05, 0) is 13.3 Å². The Morgan fingerprint density at radius 2 is 2.42 bits per heavy atom. The summed E-state index contributed by atoms with van der Waals surface area (Å²) in [6, 6.07) is -0.118. The van der Waals surface area contributed by atoms with E-state index in [4.69, 9.17) is 0 Å². The molecule has 1 amide bonds. The predicted octanol–water partition coefficient (Wildman–Crippen LogP) is -0.813. The summed E-state index contributed by atoms with van der Waals surface area (Å²) in [7, 11) is 1.63. The van der Waals surface area contributed by atoms with Crippen LogP contribution in [-0.2, 0) is 4.79 Å². The minimum Gasteiger partial charge on any atom is -0.392 e. The highest BCUT2D eigenvalue weighted by molar-refractivity contribution is 5.80. The van der Waals surface area contributed by atoms with E-state index < -0.39 is 0 Å². The van der Waals surface area contributed by atoms with Crippen molar-refractivity contribution in [3.8, 4) is 0 Å². The lowest BCUT2D eigenvalue weighted by molar-refractivity contribution is -0.125. The van der Waals surface area contributed by atoms with Crippen molar-refractivity contribution >= 4 is 5.91 Å². The standard InChI is InChI=1S/C8H16N2O2/c1-6(8(12)9-2)10-4-3-7(11)5-10/h6-7,11H,3-5H2,1-2H3,(H,9,12). The molecule has 2 unspecified atom stereocenters. The zero-order valence-corrected chi connectivity index (χ0v) is 7.58. The topological polar surface area (TPSA) is 52.6 Å². The molecule has 1 heterocycles. The molecule has 4 nitrogen and oxygen atoms in total. The largest absolute Gasteiger partial charge is 0.392 e. The van der Waals surface area contributed by atoms with Crippen LogP contribution in [0.15, 0.2) is 0 Å². The highest BCUT2D eigenvalue weighted by Gasteiger charge is 2.27. The molecule has 0 aliphatic carbocycles. The fraction of sp³-hybridized carbons (Fsp3) is 0.875. The van der Waals surface area contributed by atoms with Crippen LogP contribution in [0.25, 0.3) is 0 Å². The molecule has 4 heteroatoms. The lowest BCUT2D eigenvalue weighted by atomic mass is 10.3. The number of hydrogen-bond donors (Lipinski definition) is 2. The molecule has 1 aliphatic heterocycles. The van der Waals surface area contributed by atoms with Gasteiger partial charge in [0.05, 0.1) is 12.1 Å². The first-order valence-electron chi connectivity index (χ1n) is 4.29. The molecule has 0 saturated carbocycles. The highest BCUT2D eigenvalue weighted by Crippen LogP contribution is 2.11. The number of rotatable bonds is 2. The van der Waals surface area contributed by atoms with E-state index in [2.05, 4.69) is 5.32 Å². The van der Waals surface area contributed by atoms with E-state index >= 15 is 0 Å². The number of aliphatic hydroxyl groups is 1. The van der Waals surface area contributed by atoms with Crippen molar-refractivity contribution in [2.45, 2.75) is 25.5 Å². The maximum atomic E-state index is 11.2. The van der Waals surface area contributed by atoms with Gasteiger partial charge in [0.1, 0.15) is 0 Å². The second kappa shape index (κ2) is 3.87. The smallest absolute Gasteiger partial charge is 0.236 e. The summed E-state index contributed by atoms with van der Waals surface area (Å²) in [6.45, 7) is 3.29. The summed E-state index contributed by atoms with van der Waals surface area (Å²) in [5.74, 6) is 0.0177. The Morgan fingerprint density at radius 1 is 1.75 bits per heavy atom. The number of likely N-dealkylation sites (tertiary alicyclic amines) is 1. The van der Waals surface area contributed by atoms with Gasteiger partial charge < -0.3 is 10.4 Å². The molecular weight excluding hydrogens is 156 g/mol. The van der Waals surface area contributed by atoms with Crippen LogP contribution in [0.2, 0.25) is 0 Å². The zero-order valence-electron chi connectivity index (χ0n) is 7.58. The number of β-amino-alcohol motifs (C(OH)–C–C–N with tert-alkyl or cyclic N) is 1. The number of aliphatic hydroxyl groups excluding tert-OH is 1. The average molecular weight is 172 g/mol. The summed E-state index contributed by atoms with van der Waals surface area (Å²) < 4.78 is 0. The van der Waals surface area contributed by atoms with E-state index in [0.717, 1.165) is 13.0 Å². The molecule has 0 aromatic carbocycles. The fourth-order valence-electron chi connectivity index (χ4n) is 1.49. The molecule has 0 spiro atoms. The summed E-state index contributed by atoms with van der Waals surface area (Å²) in [5.41, 5.74) is 0. The zero-order chi connectivity index (χ0) is 9.14. The van der Waals surface area contributed by atoms with E-state index in [1.54, 1.807) is 7.05 Å². The molecule has 1 aliphatic rings. The SMILES string of the molecule is CNC(=O)C(C)N1CCC(O)C1. The fourth-order valence-corrected chi connectivity index (χ4v) is 1.49. The van der Waals surface area contributed by atoms with Gasteiger partial charge in [0, 0.05) is 20.1 Å². The Kier molecular flexibility index (Phi) is 3.05. The third kappa shape index (κ3) is 1.95. The maximum absolute atomic E-state index is 11.2. The van der Waals surface area contributed by atoms with Crippen molar-refractivity contribution in [3.05, 3.63) is 0 Å². The molecule has 0 radical (unpaired) electrons. The number of amides is 1. The van der Waals surface area contributed by atoms with E-state index in [9.17, 15) is 9.90 Å². The lowest BCUT2D eigenvalue weighted by Crippen LogP contribution is -2.43. The van der Waals surface area contributed by atoms with Crippen molar-refractivity contribution in [2.75, 3.05) is 20.1 Å². The third-order valence-corrected chi connectivity index (χ3v) is 2.37. The van der Waals surface area contributed by atoms with Gasteiger partial charge in [-0.3, -0.25) is 9.69 Å². The van der Waals surface area contributed by atoms with Gasteiger partial charge >= 0.3 is 0 Å². The van der Waals surface area contributed by atoms with Gasteiger partial charge in [-0.25, -0.2) is 0 Å². The van der Waals surface area contributed by atoms with Gasteiger partial charge in [-0.2, -0.15) is 0 Å². The second-order valence-corrected chi connectivity index (χ2v) is 3.23. The minimum atomic E-state index is -0.253. The molecule has 0 bridgehead atoms. The highest BCUT2D eigenvalue weighted by atomic mass is 16.3. The van der Waals surface area contributed by atoms with E-state index in [1.807, 2.05) is 11.8 Å². The molecule has 12 heavy (non-hydrogen) atoms. The Balaban J connectivity index is 2.42. The van der Waals surface area contributed by atoms with Gasteiger partial charge in [0.15, 0.2) is 0 Å². The van der Waals surface area contributed by atoms with Crippen LogP contribution in [0.4, 0.5) is 0 Å². The van der Waals surface area contributed by atoms with Crippen LogP contribution >= 0.6 is 0 Å². The minimum absolute atomic E-state index is 0.0177. The Hall–Kier alpha value is -0.610. The van der Waals surface area contributed by atoms with Crippen LogP contribution in [-0.4, -0.2) is 48.2 Å². The number of carbonyl (C=O) groups excluding carboxylic acids is 1. The van der Waals surface area contributed by atoms with Gasteiger partial charge in [-0.1, -0.05) is 0 Å². The number of nitrogens with one attached hydrogen (secondary N) is 1. The normalized spacial score (nSPS) is 27.1. The summed E-state index contributed by atoms with van der Waals surface area (Å²) in [5, 5.41) is 11.8. The molecule has 2 N–H and O–H groups in total. The quantitative estimate of drug-likeness (QED) is 0.572. The average Bonchev–Trinajstić information content (AvgIpc) is 2.49. The first-order valence-corrected chi connectivity index (χ1v) is 4.29. The summed E-state index contributed by atoms with van der Waals surface area (Å²) in [6.07, 6.45) is 0.526. The van der Waals surface area contributed by atoms with Crippen LogP contribution < -0.4 is 5.32 Å². The van der Waals surface area contributed by atoms with Crippen molar-refractivity contribution in [1.29, 1.82) is 0 Å². The van der Waals surface area contributed by atoms with E-state index in [-0.39, 0.29) is 18.1 Å². The van der Waals surface area contributed by atoms with Crippen LogP contribution in [0.3, 0.4) is 0 Å². The van der Waals surface area contributed by atoms with E-state index in [0.29, 0.717) is 6.54 Å². The molecule has 0 aromatic rings. The van der Waals surface area contributed by atoms with Crippen LogP contribution in [0, 0.1) is 0 Å². The number of nitrogens with zero attached hydrogens (tertiary/aromatic N) is 1. The number of carbonyl (C=O) groups is 1. The number of likely N-dealkylation sites (N-methyl/N-ethyl adjacent to an activating group) is 1. The summed E-state index contributed by atoms with van der Waals surface area (Å²) in [4.78, 5) is 13.2. The molecule has 1 fully saturated rings. The third-order valence-electron chi connectivity index (χ3n) is 2.37. The summed E-state index contributed by atoms with van der Waals surface area (Å²) >= 11 is 0. The van der Waals surface area contributed by atoms with Crippen molar-refractivity contribution < 1.29 is 9.90 Å². The Morgan fingerprint density at radius 3 is 2.83 bits per heavy atom. The number of hydrogen-bond acceptors (Lipinski definition) is 3. The van der Waals surface area contributed by atoms with Crippen LogP contribution in [0.5, 0.6) is 0 Å². The van der Waals surface area contributed by atoms with Crippen molar-refractivity contribution in [1.82, 2.24) is 10.2 Å². The first-order chi connectivity index (χ1) is 5.65. The molecule has 0 aromatic heterocycles. The van der Waals surface area contributed by atoms with Gasteiger partial charge in [-0.15, -0.1) is 0 Å². The van der Waals surface area contributed by atoms with Crippen molar-refractivity contribution in [3.63, 3.8) is 0 Å².